The van der Waals surface area contributed by atoms with Crippen LogP contribution in [0.1, 0.15) is 12.5 Å². The summed E-state index contributed by atoms with van der Waals surface area (Å²) in [4.78, 5) is 21.6. The van der Waals surface area contributed by atoms with Crippen LogP contribution in [0.3, 0.4) is 0 Å². The molecular formula is C12H13NO3. The second kappa shape index (κ2) is 5.70. The molecule has 0 fully saturated rings. The van der Waals surface area contributed by atoms with Crippen molar-refractivity contribution in [2.75, 3.05) is 12.4 Å². The Labute approximate surface area is 93.9 Å². The summed E-state index contributed by atoms with van der Waals surface area (Å²) < 4.78 is 4.47. The van der Waals surface area contributed by atoms with Crippen molar-refractivity contribution in [3.8, 4) is 0 Å². The molecule has 1 amide bonds. The van der Waals surface area contributed by atoms with E-state index in [1.54, 1.807) is 30.3 Å². The van der Waals surface area contributed by atoms with Crippen molar-refractivity contribution in [3.05, 3.63) is 35.9 Å². The van der Waals surface area contributed by atoms with Crippen LogP contribution < -0.4 is 5.32 Å². The standard InChI is InChI=1S/C12H13NO3/c1-9(14)13-11-6-3-10(4-7-11)5-8-12(15)16-2/h3-8H,1-2H3,(H,13,14)/b8-5+. The Morgan fingerprint density at radius 1 is 1.25 bits per heavy atom. The van der Waals surface area contributed by atoms with Crippen molar-refractivity contribution >= 4 is 23.6 Å². The number of hydrogen-bond donors (Lipinski definition) is 1. The fourth-order valence-electron chi connectivity index (χ4n) is 1.11. The molecule has 0 saturated carbocycles. The lowest BCUT2D eigenvalue weighted by Gasteiger charge is -2.01. The van der Waals surface area contributed by atoms with Crippen LogP contribution in [-0.4, -0.2) is 19.0 Å². The topological polar surface area (TPSA) is 55.4 Å². The van der Waals surface area contributed by atoms with Crippen molar-refractivity contribution in [1.29, 1.82) is 0 Å². The van der Waals surface area contributed by atoms with E-state index >= 15 is 0 Å². The number of benzene rings is 1. The van der Waals surface area contributed by atoms with Gasteiger partial charge in [0.2, 0.25) is 5.91 Å². The molecule has 0 radical (unpaired) electrons. The molecule has 16 heavy (non-hydrogen) atoms. The summed E-state index contributed by atoms with van der Waals surface area (Å²) in [7, 11) is 1.33. The second-order valence-corrected chi connectivity index (χ2v) is 3.16. The molecule has 1 rings (SSSR count). The van der Waals surface area contributed by atoms with Gasteiger partial charge in [0.1, 0.15) is 0 Å². The molecule has 0 aromatic heterocycles. The van der Waals surface area contributed by atoms with Gasteiger partial charge in [-0.15, -0.1) is 0 Å². The predicted molar refractivity (Wildman–Crippen MR) is 61.8 cm³/mol. The Kier molecular flexibility index (Phi) is 4.27. The van der Waals surface area contributed by atoms with Crippen LogP contribution >= 0.6 is 0 Å². The first-order valence-corrected chi connectivity index (χ1v) is 4.75. The number of nitrogens with one attached hydrogen (secondary N) is 1. The normalized spacial score (nSPS) is 10.1. The third-order valence-electron chi connectivity index (χ3n) is 1.84. The van der Waals surface area contributed by atoms with Crippen molar-refractivity contribution in [2.45, 2.75) is 6.92 Å². The highest BCUT2D eigenvalue weighted by molar-refractivity contribution is 5.89. The summed E-state index contributed by atoms with van der Waals surface area (Å²) in [5.74, 6) is -0.510. The minimum absolute atomic E-state index is 0.113. The Hall–Kier alpha value is -2.10. The number of rotatable bonds is 3. The van der Waals surface area contributed by atoms with Gasteiger partial charge >= 0.3 is 5.97 Å². The van der Waals surface area contributed by atoms with Crippen LogP contribution in [0.2, 0.25) is 0 Å². The molecule has 0 spiro atoms. The van der Waals surface area contributed by atoms with Gasteiger partial charge in [0.05, 0.1) is 7.11 Å². The summed E-state index contributed by atoms with van der Waals surface area (Å²) in [5, 5.41) is 2.65. The number of hydrogen-bond acceptors (Lipinski definition) is 3. The fraction of sp³-hybridized carbons (Fsp3) is 0.167. The maximum absolute atomic E-state index is 10.8. The average molecular weight is 219 g/mol. The van der Waals surface area contributed by atoms with Crippen molar-refractivity contribution < 1.29 is 14.3 Å². The molecule has 4 heteroatoms. The Bertz CT molecular complexity index is 407. The number of amides is 1. The van der Waals surface area contributed by atoms with Gasteiger partial charge in [-0.1, -0.05) is 12.1 Å². The van der Waals surface area contributed by atoms with Gasteiger partial charge in [0.15, 0.2) is 0 Å². The lowest BCUT2D eigenvalue weighted by Crippen LogP contribution is -2.05. The second-order valence-electron chi connectivity index (χ2n) is 3.16. The lowest BCUT2D eigenvalue weighted by atomic mass is 10.2. The van der Waals surface area contributed by atoms with Gasteiger partial charge in [0, 0.05) is 18.7 Å². The third kappa shape index (κ3) is 3.96. The first-order chi connectivity index (χ1) is 7.61. The molecule has 1 N–H and O–H groups in total. The Morgan fingerprint density at radius 3 is 2.38 bits per heavy atom. The Morgan fingerprint density at radius 2 is 1.88 bits per heavy atom. The molecule has 84 valence electrons. The number of methoxy groups -OCH3 is 1. The number of esters is 1. The smallest absolute Gasteiger partial charge is 0.330 e. The molecular weight excluding hydrogens is 206 g/mol. The quantitative estimate of drug-likeness (QED) is 0.623. The maximum atomic E-state index is 10.8. The Balaban J connectivity index is 2.68. The van der Waals surface area contributed by atoms with Crippen LogP contribution in [0.4, 0.5) is 5.69 Å². The number of carbonyl (C=O) groups excluding carboxylic acids is 2. The molecule has 0 unspecified atom stereocenters. The van der Waals surface area contributed by atoms with E-state index in [0.29, 0.717) is 0 Å². The molecule has 0 aliphatic heterocycles. The average Bonchev–Trinajstić information content (AvgIpc) is 2.27. The minimum Gasteiger partial charge on any atom is -0.466 e. The number of ether oxygens (including phenoxy) is 1. The highest BCUT2D eigenvalue weighted by Gasteiger charge is 1.95. The molecule has 0 atom stereocenters. The summed E-state index contributed by atoms with van der Waals surface area (Å²) in [5.41, 5.74) is 1.59. The van der Waals surface area contributed by atoms with E-state index < -0.39 is 5.97 Å². The van der Waals surface area contributed by atoms with Gasteiger partial charge in [-0.2, -0.15) is 0 Å². The van der Waals surface area contributed by atoms with Gasteiger partial charge in [-0.3, -0.25) is 4.79 Å². The van der Waals surface area contributed by atoms with E-state index in [1.165, 1.54) is 20.1 Å². The van der Waals surface area contributed by atoms with E-state index in [1.807, 2.05) is 0 Å². The van der Waals surface area contributed by atoms with Gasteiger partial charge < -0.3 is 10.1 Å². The van der Waals surface area contributed by atoms with E-state index in [0.717, 1.165) is 11.3 Å². The zero-order chi connectivity index (χ0) is 12.0. The van der Waals surface area contributed by atoms with E-state index in [2.05, 4.69) is 10.1 Å². The summed E-state index contributed by atoms with van der Waals surface area (Å²) in [6.07, 6.45) is 2.98. The first-order valence-electron chi connectivity index (χ1n) is 4.75. The molecule has 1 aromatic carbocycles. The van der Waals surface area contributed by atoms with Crippen LogP contribution in [0.25, 0.3) is 6.08 Å². The monoisotopic (exact) mass is 219 g/mol. The minimum atomic E-state index is -0.397. The van der Waals surface area contributed by atoms with Crippen LogP contribution in [0.15, 0.2) is 30.3 Å². The third-order valence-corrected chi connectivity index (χ3v) is 1.84. The largest absolute Gasteiger partial charge is 0.466 e. The van der Waals surface area contributed by atoms with Crippen LogP contribution in [-0.2, 0) is 14.3 Å². The van der Waals surface area contributed by atoms with Crippen LogP contribution in [0, 0.1) is 0 Å². The van der Waals surface area contributed by atoms with E-state index in [4.69, 9.17) is 0 Å². The van der Waals surface area contributed by atoms with Gasteiger partial charge in [0.25, 0.3) is 0 Å². The molecule has 0 heterocycles. The maximum Gasteiger partial charge on any atom is 0.330 e. The SMILES string of the molecule is COC(=O)/C=C/c1ccc(NC(C)=O)cc1. The molecule has 0 aliphatic carbocycles. The highest BCUT2D eigenvalue weighted by Crippen LogP contribution is 2.10. The zero-order valence-electron chi connectivity index (χ0n) is 9.19. The number of carbonyl (C=O) groups is 2. The highest BCUT2D eigenvalue weighted by atomic mass is 16.5. The molecule has 4 nitrogen and oxygen atoms in total. The summed E-state index contributed by atoms with van der Waals surface area (Å²) in [6, 6.07) is 7.12. The molecule has 1 aromatic rings. The van der Waals surface area contributed by atoms with Crippen molar-refractivity contribution in [2.24, 2.45) is 0 Å². The summed E-state index contributed by atoms with van der Waals surface area (Å²) >= 11 is 0. The summed E-state index contributed by atoms with van der Waals surface area (Å²) in [6.45, 7) is 1.45. The molecule has 0 bridgehead atoms. The number of anilines is 1. The van der Waals surface area contributed by atoms with Crippen molar-refractivity contribution in [1.82, 2.24) is 0 Å². The zero-order valence-corrected chi connectivity index (χ0v) is 9.19. The predicted octanol–water partition coefficient (Wildman–Crippen LogP) is 1.83. The van der Waals surface area contributed by atoms with E-state index in [9.17, 15) is 9.59 Å². The molecule has 0 saturated heterocycles. The fourth-order valence-corrected chi connectivity index (χ4v) is 1.11. The van der Waals surface area contributed by atoms with Gasteiger partial charge in [-0.05, 0) is 23.8 Å². The van der Waals surface area contributed by atoms with Crippen LogP contribution in [0.5, 0.6) is 0 Å². The molecule has 0 aliphatic rings. The van der Waals surface area contributed by atoms with Gasteiger partial charge in [-0.25, -0.2) is 4.79 Å². The van der Waals surface area contributed by atoms with E-state index in [-0.39, 0.29) is 5.91 Å². The lowest BCUT2D eigenvalue weighted by molar-refractivity contribution is -0.134. The first kappa shape index (κ1) is 12.0. The van der Waals surface area contributed by atoms with Crippen molar-refractivity contribution in [3.63, 3.8) is 0 Å².